The Hall–Kier alpha value is -2.24. The number of hydrogen-bond acceptors (Lipinski definition) is 7. The highest BCUT2D eigenvalue weighted by molar-refractivity contribution is 7.89. The number of benzene rings is 2. The Kier molecular flexibility index (Phi) is 9.34. The van der Waals surface area contributed by atoms with Crippen molar-refractivity contribution in [3.63, 3.8) is 0 Å². The van der Waals surface area contributed by atoms with Crippen molar-refractivity contribution >= 4 is 55.0 Å². The molecule has 0 unspecified atom stereocenters. The Morgan fingerprint density at radius 1 is 1.08 bits per heavy atom. The number of hydrogen-bond donors (Lipinski definition) is 0. The second-order valence-corrected chi connectivity index (χ2v) is 11.9. The van der Waals surface area contributed by atoms with Crippen molar-refractivity contribution in [3.05, 3.63) is 47.5 Å². The molecule has 0 atom stereocenters. The minimum atomic E-state index is -3.53. The zero-order chi connectivity index (χ0) is 25.2. The molecular formula is C25H33ClN4O4S2. The highest BCUT2D eigenvalue weighted by Gasteiger charge is 2.28. The summed E-state index contributed by atoms with van der Waals surface area (Å²) in [4.78, 5) is 22.4. The topological polar surface area (TPSA) is 83.0 Å². The molecule has 1 amide bonds. The highest BCUT2D eigenvalue weighted by atomic mass is 35.5. The molecule has 36 heavy (non-hydrogen) atoms. The van der Waals surface area contributed by atoms with Crippen molar-refractivity contribution in [2.24, 2.45) is 0 Å². The molecule has 11 heteroatoms. The van der Waals surface area contributed by atoms with Crippen LogP contribution in [0.4, 0.5) is 5.13 Å². The fourth-order valence-corrected chi connectivity index (χ4v) is 6.80. The summed E-state index contributed by atoms with van der Waals surface area (Å²) < 4.78 is 33.7. The number of aryl methyl sites for hydroxylation is 1. The van der Waals surface area contributed by atoms with Crippen molar-refractivity contribution in [2.45, 2.75) is 31.1 Å². The molecule has 1 aromatic heterocycles. The van der Waals surface area contributed by atoms with Crippen LogP contribution in [0.3, 0.4) is 0 Å². The van der Waals surface area contributed by atoms with Gasteiger partial charge in [-0.25, -0.2) is 13.4 Å². The van der Waals surface area contributed by atoms with E-state index in [-0.39, 0.29) is 23.2 Å². The highest BCUT2D eigenvalue weighted by Crippen LogP contribution is 2.37. The number of fused-ring (bicyclic) bond motifs is 1. The van der Waals surface area contributed by atoms with Crippen molar-refractivity contribution in [2.75, 3.05) is 52.3 Å². The lowest BCUT2D eigenvalue weighted by Crippen LogP contribution is -2.33. The molecule has 1 saturated heterocycles. The number of halogens is 1. The smallest absolute Gasteiger partial charge is 0.260 e. The number of carbonyl (C=O) groups excluding carboxylic acids is 1. The number of methoxy groups -OCH3 is 1. The lowest BCUT2D eigenvalue weighted by molar-refractivity contribution is 0.0986. The van der Waals surface area contributed by atoms with Crippen LogP contribution < -0.4 is 9.64 Å². The lowest BCUT2D eigenvalue weighted by atomic mass is 10.2. The third kappa shape index (κ3) is 5.84. The largest absolute Gasteiger partial charge is 0.494 e. The van der Waals surface area contributed by atoms with Gasteiger partial charge < -0.3 is 9.64 Å². The first-order chi connectivity index (χ1) is 16.7. The van der Waals surface area contributed by atoms with Gasteiger partial charge in [-0.3, -0.25) is 9.69 Å². The molecule has 196 valence electrons. The van der Waals surface area contributed by atoms with Gasteiger partial charge in [0.05, 0.1) is 16.7 Å². The second kappa shape index (κ2) is 11.9. The van der Waals surface area contributed by atoms with Crippen LogP contribution in [0, 0.1) is 6.92 Å². The molecular weight excluding hydrogens is 520 g/mol. The second-order valence-electron chi connectivity index (χ2n) is 9.01. The predicted molar refractivity (Wildman–Crippen MR) is 147 cm³/mol. The van der Waals surface area contributed by atoms with Crippen LogP contribution >= 0.6 is 23.7 Å². The van der Waals surface area contributed by atoms with E-state index in [9.17, 15) is 13.2 Å². The third-order valence-electron chi connectivity index (χ3n) is 6.18. The molecule has 8 nitrogen and oxygen atoms in total. The van der Waals surface area contributed by atoms with E-state index in [1.54, 1.807) is 24.1 Å². The number of sulfonamides is 1. The molecule has 3 aromatic rings. The third-order valence-corrected chi connectivity index (χ3v) is 9.31. The van der Waals surface area contributed by atoms with Crippen molar-refractivity contribution in [3.8, 4) is 5.75 Å². The minimum absolute atomic E-state index is 0. The summed E-state index contributed by atoms with van der Waals surface area (Å²) in [5, 5.41) is 0.602. The van der Waals surface area contributed by atoms with E-state index in [1.807, 2.05) is 33.2 Å². The number of carbonyl (C=O) groups is 1. The molecule has 0 radical (unpaired) electrons. The van der Waals surface area contributed by atoms with Crippen molar-refractivity contribution in [1.29, 1.82) is 0 Å². The van der Waals surface area contributed by atoms with Gasteiger partial charge in [0.1, 0.15) is 11.3 Å². The van der Waals surface area contributed by atoms with Crippen molar-refractivity contribution in [1.82, 2.24) is 14.2 Å². The Morgan fingerprint density at radius 3 is 2.36 bits per heavy atom. The van der Waals surface area contributed by atoms with Gasteiger partial charge >= 0.3 is 0 Å². The first kappa shape index (κ1) is 28.3. The van der Waals surface area contributed by atoms with E-state index in [1.165, 1.54) is 27.8 Å². The minimum Gasteiger partial charge on any atom is -0.494 e. The zero-order valence-electron chi connectivity index (χ0n) is 21.1. The van der Waals surface area contributed by atoms with Gasteiger partial charge in [-0.2, -0.15) is 4.31 Å². The molecule has 2 aromatic carbocycles. The average Bonchev–Trinajstić information content (AvgIpc) is 3.53. The van der Waals surface area contributed by atoms with E-state index >= 15 is 0 Å². The molecule has 1 fully saturated rings. The van der Waals surface area contributed by atoms with Gasteiger partial charge in [0, 0.05) is 25.2 Å². The number of amides is 1. The van der Waals surface area contributed by atoms with Crippen molar-refractivity contribution < 1.29 is 17.9 Å². The van der Waals surface area contributed by atoms with E-state index in [4.69, 9.17) is 9.72 Å². The van der Waals surface area contributed by atoms with Crippen LogP contribution in [0.2, 0.25) is 0 Å². The maximum Gasteiger partial charge on any atom is 0.260 e. The fraction of sp³-hybridized carbons (Fsp3) is 0.440. The van der Waals surface area contributed by atoms with E-state index in [0.717, 1.165) is 41.6 Å². The number of rotatable bonds is 9. The molecule has 0 bridgehead atoms. The monoisotopic (exact) mass is 552 g/mol. The van der Waals surface area contributed by atoms with Gasteiger partial charge in [0.2, 0.25) is 10.0 Å². The molecule has 0 saturated carbocycles. The summed E-state index contributed by atoms with van der Waals surface area (Å²) in [5.41, 5.74) is 2.24. The number of thiazole rings is 1. The van der Waals surface area contributed by atoms with Gasteiger partial charge in [0.15, 0.2) is 5.13 Å². The molecule has 0 spiro atoms. The standard InChI is InChI=1S/C25H32N4O4S2.ClH/c1-18-8-13-21(33-4)22-23(18)34-25(26-22)29(17-7-14-27(2)3)24(30)19-9-11-20(12-10-19)35(31,32)28-15-5-6-16-28;/h8-13H,5-7,14-17H2,1-4H3;1H. The summed E-state index contributed by atoms with van der Waals surface area (Å²) in [7, 11) is 2.08. The Labute approximate surface area is 223 Å². The average molecular weight is 553 g/mol. The lowest BCUT2D eigenvalue weighted by Gasteiger charge is -2.21. The molecule has 2 heterocycles. The van der Waals surface area contributed by atoms with Crippen LogP contribution in [0.15, 0.2) is 41.3 Å². The van der Waals surface area contributed by atoms with E-state index < -0.39 is 10.0 Å². The zero-order valence-corrected chi connectivity index (χ0v) is 23.5. The van der Waals surface area contributed by atoms with Crippen LogP contribution in [0.1, 0.15) is 35.2 Å². The normalized spacial score (nSPS) is 14.2. The Bertz CT molecular complexity index is 1300. The fourth-order valence-electron chi connectivity index (χ4n) is 4.21. The SMILES string of the molecule is COc1ccc(C)c2sc(N(CCCN(C)C)C(=O)c3ccc(S(=O)(=O)N4CCCC4)cc3)nc12.Cl. The Morgan fingerprint density at radius 2 is 1.75 bits per heavy atom. The summed E-state index contributed by atoms with van der Waals surface area (Å²) in [5.74, 6) is 0.467. The quantitative estimate of drug-likeness (QED) is 0.391. The van der Waals surface area contributed by atoms with Crippen LogP contribution in [-0.4, -0.2) is 75.9 Å². The van der Waals surface area contributed by atoms with Crippen LogP contribution in [-0.2, 0) is 10.0 Å². The summed E-state index contributed by atoms with van der Waals surface area (Å²) in [6.07, 6.45) is 2.53. The van der Waals surface area contributed by atoms with Crippen LogP contribution in [0.25, 0.3) is 10.2 Å². The molecule has 0 N–H and O–H groups in total. The molecule has 0 aliphatic carbocycles. The Balaban J connectivity index is 0.00000361. The van der Waals surface area contributed by atoms with Gasteiger partial charge in [0.25, 0.3) is 5.91 Å². The van der Waals surface area contributed by atoms with Gasteiger partial charge in [-0.15, -0.1) is 12.4 Å². The van der Waals surface area contributed by atoms with E-state index in [2.05, 4.69) is 4.90 Å². The van der Waals surface area contributed by atoms with Crippen LogP contribution in [0.5, 0.6) is 5.75 Å². The predicted octanol–water partition coefficient (Wildman–Crippen LogP) is 4.42. The number of anilines is 1. The number of ether oxygens (including phenoxy) is 1. The number of nitrogens with zero attached hydrogens (tertiary/aromatic N) is 4. The molecule has 4 rings (SSSR count). The maximum absolute atomic E-state index is 13.6. The van der Waals surface area contributed by atoms with Gasteiger partial charge in [-0.05, 0) is 82.7 Å². The van der Waals surface area contributed by atoms with Gasteiger partial charge in [-0.1, -0.05) is 17.4 Å². The molecule has 1 aliphatic rings. The first-order valence-electron chi connectivity index (χ1n) is 11.7. The maximum atomic E-state index is 13.6. The molecule has 1 aliphatic heterocycles. The summed E-state index contributed by atoms with van der Waals surface area (Å²) >= 11 is 1.47. The first-order valence-corrected chi connectivity index (χ1v) is 14.0. The summed E-state index contributed by atoms with van der Waals surface area (Å²) in [6, 6.07) is 10.1. The summed E-state index contributed by atoms with van der Waals surface area (Å²) in [6.45, 7) is 4.42. The number of aromatic nitrogens is 1. The van der Waals surface area contributed by atoms with E-state index in [0.29, 0.717) is 36.1 Å².